The van der Waals surface area contributed by atoms with Crippen LogP contribution in [0.25, 0.3) is 0 Å². The third-order valence-electron chi connectivity index (χ3n) is 1.90. The van der Waals surface area contributed by atoms with Gasteiger partial charge in [-0.2, -0.15) is 26.3 Å². The summed E-state index contributed by atoms with van der Waals surface area (Å²) in [7, 11) is 0. The highest BCUT2D eigenvalue weighted by atomic mass is 32.2. The number of esters is 1. The number of halogens is 6. The first-order valence-electron chi connectivity index (χ1n) is 5.26. The summed E-state index contributed by atoms with van der Waals surface area (Å²) in [6.07, 6.45) is 0. The molecule has 0 atom stereocenters. The number of hydrogen-bond donors (Lipinski definition) is 0. The largest absolute Gasteiger partial charge is 0.459 e. The zero-order valence-corrected chi connectivity index (χ0v) is 11.7. The van der Waals surface area contributed by atoms with E-state index in [9.17, 15) is 31.1 Å². The van der Waals surface area contributed by atoms with Gasteiger partial charge >= 0.3 is 17.0 Å². The number of ether oxygens (including phenoxy) is 1. The van der Waals surface area contributed by atoms with E-state index in [1.165, 1.54) is 12.1 Å². The van der Waals surface area contributed by atoms with Crippen molar-refractivity contribution >= 4 is 29.5 Å². The Bertz CT molecular complexity index is 444. The molecule has 10 heteroatoms. The van der Waals surface area contributed by atoms with Gasteiger partial charge in [-0.15, -0.1) is 0 Å². The number of thioether (sulfide) groups is 2. The van der Waals surface area contributed by atoms with Crippen molar-refractivity contribution in [2.24, 2.45) is 0 Å². The van der Waals surface area contributed by atoms with E-state index in [0.717, 1.165) is 0 Å². The lowest BCUT2D eigenvalue weighted by molar-refractivity contribution is -0.143. The van der Waals surface area contributed by atoms with Gasteiger partial charge in [0.25, 0.3) is 0 Å². The van der Waals surface area contributed by atoms with E-state index < -0.39 is 51.7 Å². The molecule has 2 nitrogen and oxygen atoms in total. The van der Waals surface area contributed by atoms with Crippen LogP contribution >= 0.6 is 23.5 Å². The fourth-order valence-electron chi connectivity index (χ4n) is 1.16. The molecule has 0 saturated heterocycles. The highest BCUT2D eigenvalue weighted by Gasteiger charge is 2.44. The molecule has 0 heterocycles. The van der Waals surface area contributed by atoms with Gasteiger partial charge in [0.2, 0.25) is 0 Å². The van der Waals surface area contributed by atoms with Crippen LogP contribution in [0.2, 0.25) is 0 Å². The SMILES string of the molecule is O=C(OCc1ccccc1)C(SC(F)(F)F)SC(F)(F)F. The molecule has 118 valence electrons. The molecule has 0 amide bonds. The fraction of sp³-hybridized carbons (Fsp3) is 0.364. The Kier molecular flexibility index (Phi) is 6.26. The molecule has 0 unspecified atom stereocenters. The van der Waals surface area contributed by atoms with E-state index in [2.05, 4.69) is 4.74 Å². The fourth-order valence-corrected chi connectivity index (χ4v) is 2.82. The van der Waals surface area contributed by atoms with E-state index in [0.29, 0.717) is 5.56 Å². The molecule has 21 heavy (non-hydrogen) atoms. The van der Waals surface area contributed by atoms with Crippen LogP contribution in [0.3, 0.4) is 0 Å². The van der Waals surface area contributed by atoms with Gasteiger partial charge in [-0.3, -0.25) is 0 Å². The van der Waals surface area contributed by atoms with Crippen LogP contribution in [-0.2, 0) is 16.1 Å². The molecular weight excluding hydrogens is 342 g/mol. The summed E-state index contributed by atoms with van der Waals surface area (Å²) in [5.74, 6) is -1.58. The second kappa shape index (κ2) is 7.30. The maximum atomic E-state index is 12.2. The third-order valence-corrected chi connectivity index (χ3v) is 3.82. The van der Waals surface area contributed by atoms with Gasteiger partial charge in [-0.1, -0.05) is 30.3 Å². The minimum atomic E-state index is -4.98. The van der Waals surface area contributed by atoms with Crippen LogP contribution in [0.15, 0.2) is 30.3 Å². The molecule has 1 aromatic rings. The van der Waals surface area contributed by atoms with E-state index in [-0.39, 0.29) is 0 Å². The van der Waals surface area contributed by atoms with Crippen molar-refractivity contribution in [1.29, 1.82) is 0 Å². The van der Waals surface area contributed by atoms with Crippen molar-refractivity contribution in [1.82, 2.24) is 0 Å². The highest BCUT2D eigenvalue weighted by molar-refractivity contribution is 8.18. The zero-order valence-electron chi connectivity index (χ0n) is 10.1. The van der Waals surface area contributed by atoms with Gasteiger partial charge in [-0.05, 0) is 29.1 Å². The molecule has 0 fully saturated rings. The van der Waals surface area contributed by atoms with E-state index in [1.807, 2.05) is 0 Å². The Morgan fingerprint density at radius 1 is 1.00 bits per heavy atom. The number of hydrogen-bond acceptors (Lipinski definition) is 4. The zero-order chi connectivity index (χ0) is 16.1. The van der Waals surface area contributed by atoms with Gasteiger partial charge in [0, 0.05) is 0 Å². The summed E-state index contributed by atoms with van der Waals surface area (Å²) in [6.45, 7) is -0.396. The average Bonchev–Trinajstić information content (AvgIpc) is 2.33. The summed E-state index contributed by atoms with van der Waals surface area (Å²) < 4.78 is 75.1. The number of rotatable bonds is 5. The lowest BCUT2D eigenvalue weighted by Gasteiger charge is -2.17. The van der Waals surface area contributed by atoms with Gasteiger partial charge in [0.15, 0.2) is 4.58 Å². The van der Waals surface area contributed by atoms with Crippen molar-refractivity contribution in [2.75, 3.05) is 0 Å². The predicted molar refractivity (Wildman–Crippen MR) is 67.3 cm³/mol. The summed E-state index contributed by atoms with van der Waals surface area (Å²) in [6, 6.07) is 7.89. The van der Waals surface area contributed by atoms with Crippen molar-refractivity contribution < 1.29 is 35.9 Å². The number of alkyl halides is 6. The Labute approximate surface area is 124 Å². The predicted octanol–water partition coefficient (Wildman–Crippen LogP) is 4.56. The molecule has 0 aliphatic carbocycles. The highest BCUT2D eigenvalue weighted by Crippen LogP contribution is 2.45. The van der Waals surface area contributed by atoms with E-state index >= 15 is 0 Å². The Hall–Kier alpha value is -1.03. The number of carbonyl (C=O) groups excluding carboxylic acids is 1. The topological polar surface area (TPSA) is 26.3 Å². The van der Waals surface area contributed by atoms with Crippen LogP contribution in [-0.4, -0.2) is 21.6 Å². The molecule has 0 bridgehead atoms. The summed E-state index contributed by atoms with van der Waals surface area (Å²) in [5.41, 5.74) is -9.50. The van der Waals surface area contributed by atoms with Crippen LogP contribution in [0.4, 0.5) is 26.3 Å². The maximum absolute atomic E-state index is 12.2. The summed E-state index contributed by atoms with van der Waals surface area (Å²) >= 11 is -2.12. The Morgan fingerprint density at radius 3 is 1.90 bits per heavy atom. The molecular formula is C11H8F6O2S2. The quantitative estimate of drug-likeness (QED) is 0.442. The number of carbonyl (C=O) groups is 1. The van der Waals surface area contributed by atoms with Gasteiger partial charge in [0.1, 0.15) is 6.61 Å². The lowest BCUT2D eigenvalue weighted by atomic mass is 10.2. The first-order chi connectivity index (χ1) is 9.57. The Morgan fingerprint density at radius 2 is 1.48 bits per heavy atom. The molecule has 0 spiro atoms. The number of benzene rings is 1. The molecule has 0 aliphatic heterocycles. The van der Waals surface area contributed by atoms with Gasteiger partial charge in [0.05, 0.1) is 0 Å². The second-order valence-electron chi connectivity index (χ2n) is 3.55. The minimum Gasteiger partial charge on any atom is -0.459 e. The van der Waals surface area contributed by atoms with E-state index in [4.69, 9.17) is 0 Å². The standard InChI is InChI=1S/C11H8F6O2S2/c12-10(13,14)20-9(21-11(15,16)17)8(18)19-6-7-4-2-1-3-5-7/h1-5,9H,6H2. The molecule has 0 N–H and O–H groups in total. The molecule has 0 aliphatic rings. The maximum Gasteiger partial charge on any atom is 0.443 e. The van der Waals surface area contributed by atoms with Crippen molar-refractivity contribution in [3.8, 4) is 0 Å². The van der Waals surface area contributed by atoms with Crippen LogP contribution in [0.1, 0.15) is 5.56 Å². The molecule has 0 radical (unpaired) electrons. The monoisotopic (exact) mass is 350 g/mol. The van der Waals surface area contributed by atoms with E-state index in [1.54, 1.807) is 18.2 Å². The van der Waals surface area contributed by atoms with Crippen LogP contribution in [0.5, 0.6) is 0 Å². The second-order valence-corrected chi connectivity index (χ2v) is 6.19. The van der Waals surface area contributed by atoms with Crippen molar-refractivity contribution in [3.63, 3.8) is 0 Å². The van der Waals surface area contributed by atoms with Crippen LogP contribution in [0, 0.1) is 0 Å². The van der Waals surface area contributed by atoms with Crippen molar-refractivity contribution in [2.45, 2.75) is 22.2 Å². The molecule has 0 aromatic heterocycles. The third kappa shape index (κ3) is 8.10. The molecule has 1 aromatic carbocycles. The molecule has 0 saturated carbocycles. The minimum absolute atomic E-state index is 0.396. The van der Waals surface area contributed by atoms with Gasteiger partial charge < -0.3 is 4.74 Å². The molecule has 1 rings (SSSR count). The summed E-state index contributed by atoms with van der Waals surface area (Å²) in [4.78, 5) is 11.4. The first kappa shape index (κ1) is 18.0. The Balaban J connectivity index is 2.66. The van der Waals surface area contributed by atoms with Crippen molar-refractivity contribution in [3.05, 3.63) is 35.9 Å². The smallest absolute Gasteiger partial charge is 0.443 e. The lowest BCUT2D eigenvalue weighted by Crippen LogP contribution is -2.24. The normalized spacial score (nSPS) is 12.5. The first-order valence-corrected chi connectivity index (χ1v) is 7.02. The van der Waals surface area contributed by atoms with Gasteiger partial charge in [-0.25, -0.2) is 4.79 Å². The summed E-state index contributed by atoms with van der Waals surface area (Å²) in [5, 5.41) is 0. The average molecular weight is 350 g/mol. The van der Waals surface area contributed by atoms with Crippen LogP contribution < -0.4 is 0 Å².